The van der Waals surface area contributed by atoms with Crippen LogP contribution >= 0.6 is 0 Å². The maximum Gasteiger partial charge on any atom is 0.132 e. The molecule has 0 unspecified atom stereocenters. The van der Waals surface area contributed by atoms with Crippen LogP contribution in [-0.4, -0.2) is 43.3 Å². The molecule has 82 valence electrons. The summed E-state index contributed by atoms with van der Waals surface area (Å²) >= 11 is 0. The molecule has 0 spiro atoms. The highest BCUT2D eigenvalue weighted by Gasteiger charge is 2.12. The zero-order chi connectivity index (χ0) is 10.5. The monoisotopic (exact) mass is 208 g/mol. The first kappa shape index (κ1) is 10.3. The fourth-order valence-electron chi connectivity index (χ4n) is 1.63. The van der Waals surface area contributed by atoms with Crippen molar-refractivity contribution in [2.45, 2.75) is 6.54 Å². The summed E-state index contributed by atoms with van der Waals surface area (Å²) in [6, 6.07) is 2.03. The number of ether oxygens (including phenoxy) is 1. The van der Waals surface area contributed by atoms with Crippen LogP contribution < -0.4 is 10.2 Å². The summed E-state index contributed by atoms with van der Waals surface area (Å²) < 4.78 is 5.30. The number of anilines is 1. The number of hydrogen-bond acceptors (Lipinski definition) is 5. The van der Waals surface area contributed by atoms with Crippen molar-refractivity contribution in [3.8, 4) is 0 Å². The number of aromatic nitrogens is 2. The lowest BCUT2D eigenvalue weighted by atomic mass is 10.3. The summed E-state index contributed by atoms with van der Waals surface area (Å²) in [6.07, 6.45) is 1.62. The van der Waals surface area contributed by atoms with Crippen LogP contribution in [0.1, 0.15) is 5.69 Å². The average Bonchev–Trinajstić information content (AvgIpc) is 2.31. The Morgan fingerprint density at radius 1 is 1.40 bits per heavy atom. The third-order valence-corrected chi connectivity index (χ3v) is 2.40. The summed E-state index contributed by atoms with van der Waals surface area (Å²) in [5.41, 5.74) is 1.02. The van der Waals surface area contributed by atoms with Crippen molar-refractivity contribution in [3.63, 3.8) is 0 Å². The number of morpholine rings is 1. The highest BCUT2D eigenvalue weighted by atomic mass is 16.5. The molecule has 0 radical (unpaired) electrons. The van der Waals surface area contributed by atoms with Gasteiger partial charge in [0.1, 0.15) is 12.1 Å². The van der Waals surface area contributed by atoms with Crippen molar-refractivity contribution in [1.29, 1.82) is 0 Å². The van der Waals surface area contributed by atoms with E-state index in [-0.39, 0.29) is 0 Å². The van der Waals surface area contributed by atoms with E-state index in [9.17, 15) is 0 Å². The van der Waals surface area contributed by atoms with E-state index < -0.39 is 0 Å². The maximum atomic E-state index is 5.30. The van der Waals surface area contributed by atoms with Crippen LogP contribution in [0.25, 0.3) is 0 Å². The van der Waals surface area contributed by atoms with E-state index in [0.29, 0.717) is 0 Å². The normalized spacial score (nSPS) is 16.7. The van der Waals surface area contributed by atoms with Crippen LogP contribution in [0.4, 0.5) is 5.82 Å². The van der Waals surface area contributed by atoms with Crippen LogP contribution in [-0.2, 0) is 11.3 Å². The molecule has 1 aromatic heterocycles. The quantitative estimate of drug-likeness (QED) is 0.759. The van der Waals surface area contributed by atoms with Crippen LogP contribution in [0.5, 0.6) is 0 Å². The predicted molar refractivity (Wildman–Crippen MR) is 57.8 cm³/mol. The molecule has 0 saturated carbocycles. The van der Waals surface area contributed by atoms with E-state index in [0.717, 1.165) is 44.4 Å². The summed E-state index contributed by atoms with van der Waals surface area (Å²) in [7, 11) is 1.91. The van der Waals surface area contributed by atoms with E-state index in [4.69, 9.17) is 4.74 Å². The fraction of sp³-hybridized carbons (Fsp3) is 0.600. The van der Waals surface area contributed by atoms with Crippen molar-refractivity contribution in [3.05, 3.63) is 18.1 Å². The molecule has 1 aliphatic heterocycles. The van der Waals surface area contributed by atoms with E-state index in [1.807, 2.05) is 13.1 Å². The summed E-state index contributed by atoms with van der Waals surface area (Å²) in [4.78, 5) is 10.7. The molecular formula is C10H16N4O. The van der Waals surface area contributed by atoms with E-state index in [1.54, 1.807) is 6.33 Å². The van der Waals surface area contributed by atoms with Gasteiger partial charge in [-0.1, -0.05) is 0 Å². The minimum absolute atomic E-state index is 0.778. The van der Waals surface area contributed by atoms with Crippen molar-refractivity contribution >= 4 is 5.82 Å². The van der Waals surface area contributed by atoms with Gasteiger partial charge < -0.3 is 15.0 Å². The molecule has 5 heteroatoms. The van der Waals surface area contributed by atoms with Gasteiger partial charge >= 0.3 is 0 Å². The topological polar surface area (TPSA) is 50.3 Å². The third kappa shape index (κ3) is 2.64. The number of nitrogens with one attached hydrogen (secondary N) is 1. The van der Waals surface area contributed by atoms with Gasteiger partial charge in [0.05, 0.1) is 18.9 Å². The maximum absolute atomic E-state index is 5.30. The standard InChI is InChI=1S/C10H16N4O/c1-11-7-9-6-10(13-8-12-9)14-2-4-15-5-3-14/h6,8,11H,2-5,7H2,1H3. The Hall–Kier alpha value is -1.20. The van der Waals surface area contributed by atoms with Gasteiger partial charge in [0.2, 0.25) is 0 Å². The van der Waals surface area contributed by atoms with Gasteiger partial charge in [-0.15, -0.1) is 0 Å². The van der Waals surface area contributed by atoms with Gasteiger partial charge in [0.15, 0.2) is 0 Å². The third-order valence-electron chi connectivity index (χ3n) is 2.40. The summed E-state index contributed by atoms with van der Waals surface area (Å²) in [5, 5.41) is 3.08. The zero-order valence-corrected chi connectivity index (χ0v) is 8.94. The van der Waals surface area contributed by atoms with E-state index >= 15 is 0 Å². The van der Waals surface area contributed by atoms with Crippen molar-refractivity contribution in [2.75, 3.05) is 38.3 Å². The molecule has 15 heavy (non-hydrogen) atoms. The van der Waals surface area contributed by atoms with E-state index in [1.165, 1.54) is 0 Å². The molecule has 0 aromatic carbocycles. The molecule has 5 nitrogen and oxygen atoms in total. The number of rotatable bonds is 3. The van der Waals surface area contributed by atoms with Crippen LogP contribution in [0, 0.1) is 0 Å². The molecule has 0 amide bonds. The number of nitrogens with zero attached hydrogens (tertiary/aromatic N) is 3. The Morgan fingerprint density at radius 3 is 2.93 bits per heavy atom. The first-order valence-corrected chi connectivity index (χ1v) is 5.18. The Morgan fingerprint density at radius 2 is 2.20 bits per heavy atom. The lowest BCUT2D eigenvalue weighted by Crippen LogP contribution is -2.36. The molecule has 1 saturated heterocycles. The molecule has 2 heterocycles. The number of hydrogen-bond donors (Lipinski definition) is 1. The lowest BCUT2D eigenvalue weighted by Gasteiger charge is -2.27. The first-order chi connectivity index (χ1) is 7.40. The van der Waals surface area contributed by atoms with Gasteiger partial charge in [-0.05, 0) is 7.05 Å². The molecule has 0 aliphatic carbocycles. The van der Waals surface area contributed by atoms with Crippen molar-refractivity contribution in [2.24, 2.45) is 0 Å². The van der Waals surface area contributed by atoms with Crippen LogP contribution in [0.2, 0.25) is 0 Å². The fourth-order valence-corrected chi connectivity index (χ4v) is 1.63. The molecular weight excluding hydrogens is 192 g/mol. The summed E-state index contributed by atoms with van der Waals surface area (Å²) in [6.45, 7) is 4.17. The highest BCUT2D eigenvalue weighted by Crippen LogP contribution is 2.12. The van der Waals surface area contributed by atoms with Gasteiger partial charge in [-0.25, -0.2) is 9.97 Å². The predicted octanol–water partition coefficient (Wildman–Crippen LogP) is 0.0326. The second-order valence-corrected chi connectivity index (χ2v) is 3.50. The second-order valence-electron chi connectivity index (χ2n) is 3.50. The molecule has 2 rings (SSSR count). The highest BCUT2D eigenvalue weighted by molar-refractivity contribution is 5.39. The minimum Gasteiger partial charge on any atom is -0.378 e. The Bertz CT molecular complexity index is 312. The van der Waals surface area contributed by atoms with Gasteiger partial charge in [-0.2, -0.15) is 0 Å². The van der Waals surface area contributed by atoms with Gasteiger partial charge in [0.25, 0.3) is 0 Å². The Kier molecular flexibility index (Phi) is 3.47. The zero-order valence-electron chi connectivity index (χ0n) is 8.94. The molecule has 0 bridgehead atoms. The lowest BCUT2D eigenvalue weighted by molar-refractivity contribution is 0.122. The minimum atomic E-state index is 0.778. The Balaban J connectivity index is 2.09. The van der Waals surface area contributed by atoms with E-state index in [2.05, 4.69) is 20.2 Å². The Labute approximate surface area is 89.5 Å². The molecule has 1 fully saturated rings. The van der Waals surface area contributed by atoms with Crippen LogP contribution in [0.15, 0.2) is 12.4 Å². The van der Waals surface area contributed by atoms with Crippen molar-refractivity contribution in [1.82, 2.24) is 15.3 Å². The molecule has 1 aromatic rings. The van der Waals surface area contributed by atoms with Gasteiger partial charge in [0, 0.05) is 25.7 Å². The van der Waals surface area contributed by atoms with Crippen molar-refractivity contribution < 1.29 is 4.74 Å². The van der Waals surface area contributed by atoms with Gasteiger partial charge in [-0.3, -0.25) is 0 Å². The molecule has 1 N–H and O–H groups in total. The molecule has 1 aliphatic rings. The summed E-state index contributed by atoms with van der Waals surface area (Å²) in [5.74, 6) is 0.999. The average molecular weight is 208 g/mol. The largest absolute Gasteiger partial charge is 0.378 e. The SMILES string of the molecule is CNCc1cc(N2CCOCC2)ncn1. The smallest absolute Gasteiger partial charge is 0.132 e. The second kappa shape index (κ2) is 5.04. The first-order valence-electron chi connectivity index (χ1n) is 5.18. The molecule has 0 atom stereocenters. The van der Waals surface area contributed by atoms with Crippen LogP contribution in [0.3, 0.4) is 0 Å².